The van der Waals surface area contributed by atoms with E-state index in [-0.39, 0.29) is 24.5 Å². The summed E-state index contributed by atoms with van der Waals surface area (Å²) in [5.74, 6) is 0.729. The van der Waals surface area contributed by atoms with Gasteiger partial charge in [0.25, 0.3) is 0 Å². The molecule has 1 aliphatic heterocycles. The van der Waals surface area contributed by atoms with Crippen LogP contribution >= 0.6 is 0 Å². The molecule has 1 saturated heterocycles. The van der Waals surface area contributed by atoms with E-state index in [0.29, 0.717) is 6.42 Å². The topological polar surface area (TPSA) is 78.4 Å². The van der Waals surface area contributed by atoms with E-state index in [0.717, 1.165) is 37.4 Å². The van der Waals surface area contributed by atoms with Gasteiger partial charge in [-0.3, -0.25) is 4.79 Å². The average Bonchev–Trinajstić information content (AvgIpc) is 2.69. The molecule has 6 nitrogen and oxygen atoms in total. The Balaban J connectivity index is 1.50. The predicted octanol–water partition coefficient (Wildman–Crippen LogP) is 1.41. The summed E-state index contributed by atoms with van der Waals surface area (Å²) in [6.45, 7) is 1.48. The maximum atomic E-state index is 12.5. The molecule has 25 heavy (non-hydrogen) atoms. The largest absolute Gasteiger partial charge is 0.394 e. The van der Waals surface area contributed by atoms with Gasteiger partial charge in [0.1, 0.15) is 0 Å². The monoisotopic (exact) mass is 340 g/mol. The fraction of sp³-hybridized carbons (Fsp3) is 0.421. The van der Waals surface area contributed by atoms with Crippen LogP contribution in [0.5, 0.6) is 0 Å². The number of benzene rings is 1. The molecule has 6 heteroatoms. The number of aliphatic hydroxyl groups excluding tert-OH is 1. The van der Waals surface area contributed by atoms with Crippen LogP contribution in [0.2, 0.25) is 0 Å². The second-order valence-corrected chi connectivity index (χ2v) is 6.39. The zero-order valence-corrected chi connectivity index (χ0v) is 14.2. The maximum Gasteiger partial charge on any atom is 0.225 e. The molecule has 132 valence electrons. The Labute approximate surface area is 147 Å². The first-order valence-corrected chi connectivity index (χ1v) is 8.73. The van der Waals surface area contributed by atoms with E-state index in [1.54, 1.807) is 18.5 Å². The number of nitrogens with zero attached hydrogens (tertiary/aromatic N) is 3. The summed E-state index contributed by atoms with van der Waals surface area (Å²) in [5.41, 5.74) is 1.11. The fourth-order valence-corrected chi connectivity index (χ4v) is 3.18. The molecule has 1 aliphatic rings. The van der Waals surface area contributed by atoms with Crippen LogP contribution in [0.25, 0.3) is 0 Å². The van der Waals surface area contributed by atoms with Gasteiger partial charge in [0.15, 0.2) is 0 Å². The number of piperidine rings is 1. The minimum Gasteiger partial charge on any atom is -0.394 e. The van der Waals surface area contributed by atoms with E-state index in [2.05, 4.69) is 20.2 Å². The van der Waals surface area contributed by atoms with Crippen molar-refractivity contribution in [3.05, 3.63) is 54.4 Å². The second-order valence-electron chi connectivity index (χ2n) is 6.39. The van der Waals surface area contributed by atoms with Crippen molar-refractivity contribution in [3.8, 4) is 0 Å². The molecule has 0 radical (unpaired) electrons. The van der Waals surface area contributed by atoms with Gasteiger partial charge in [-0.15, -0.1) is 0 Å². The second kappa shape index (κ2) is 8.58. The molecular formula is C19H24N4O2. The molecule has 1 aromatic heterocycles. The summed E-state index contributed by atoms with van der Waals surface area (Å²) in [6, 6.07) is 11.5. The summed E-state index contributed by atoms with van der Waals surface area (Å²) < 4.78 is 0. The fourth-order valence-electron chi connectivity index (χ4n) is 3.18. The van der Waals surface area contributed by atoms with E-state index < -0.39 is 0 Å². The van der Waals surface area contributed by atoms with Crippen LogP contribution in [0.1, 0.15) is 18.4 Å². The van der Waals surface area contributed by atoms with Crippen molar-refractivity contribution in [2.45, 2.75) is 25.3 Å². The minimum absolute atomic E-state index is 0.0233. The van der Waals surface area contributed by atoms with E-state index in [1.807, 2.05) is 30.3 Å². The number of hydrogen-bond donors (Lipinski definition) is 2. The third-order valence-corrected chi connectivity index (χ3v) is 4.59. The van der Waals surface area contributed by atoms with Gasteiger partial charge in [-0.1, -0.05) is 30.3 Å². The first kappa shape index (κ1) is 17.4. The molecule has 1 atom stereocenters. The maximum absolute atomic E-state index is 12.5. The first-order valence-electron chi connectivity index (χ1n) is 8.73. The third kappa shape index (κ3) is 4.76. The molecule has 0 saturated carbocycles. The minimum atomic E-state index is -0.245. The van der Waals surface area contributed by atoms with Gasteiger partial charge >= 0.3 is 0 Å². The molecule has 0 spiro atoms. The average molecular weight is 340 g/mol. The number of hydrogen-bond acceptors (Lipinski definition) is 5. The lowest BCUT2D eigenvalue weighted by atomic mass is 9.95. The van der Waals surface area contributed by atoms with Crippen LogP contribution in [0, 0.1) is 5.92 Å². The standard InChI is InChI=1S/C19H24N4O2/c24-14-17(13-15-5-2-1-3-6-15)22-18(25)16-7-11-23(12-8-16)19-20-9-4-10-21-19/h1-6,9-10,16-17,24H,7-8,11-14H2,(H,22,25)/t17-/m1/s1. The van der Waals surface area contributed by atoms with Crippen molar-refractivity contribution in [3.63, 3.8) is 0 Å². The van der Waals surface area contributed by atoms with Crippen molar-refractivity contribution < 1.29 is 9.90 Å². The number of rotatable bonds is 6. The Bertz CT molecular complexity index is 658. The summed E-state index contributed by atoms with van der Waals surface area (Å²) in [4.78, 5) is 23.2. The molecule has 2 N–H and O–H groups in total. The van der Waals surface area contributed by atoms with E-state index in [4.69, 9.17) is 0 Å². The predicted molar refractivity (Wildman–Crippen MR) is 96.1 cm³/mol. The van der Waals surface area contributed by atoms with Crippen LogP contribution in [0.4, 0.5) is 5.95 Å². The van der Waals surface area contributed by atoms with E-state index in [1.165, 1.54) is 0 Å². The van der Waals surface area contributed by atoms with Gasteiger partial charge in [0.05, 0.1) is 12.6 Å². The highest BCUT2D eigenvalue weighted by Gasteiger charge is 2.27. The molecule has 2 aromatic rings. The number of aromatic nitrogens is 2. The van der Waals surface area contributed by atoms with Crippen molar-refractivity contribution in [2.24, 2.45) is 5.92 Å². The van der Waals surface area contributed by atoms with Crippen molar-refractivity contribution in [2.75, 3.05) is 24.6 Å². The lowest BCUT2D eigenvalue weighted by molar-refractivity contribution is -0.126. The lowest BCUT2D eigenvalue weighted by Crippen LogP contribution is -2.46. The smallest absolute Gasteiger partial charge is 0.225 e. The van der Waals surface area contributed by atoms with Crippen LogP contribution in [0.3, 0.4) is 0 Å². The van der Waals surface area contributed by atoms with Crippen LogP contribution in [-0.2, 0) is 11.2 Å². The van der Waals surface area contributed by atoms with Gasteiger partial charge < -0.3 is 15.3 Å². The van der Waals surface area contributed by atoms with Gasteiger partial charge in [0, 0.05) is 31.4 Å². The number of carbonyl (C=O) groups excluding carboxylic acids is 1. The SMILES string of the molecule is O=C(N[C@@H](CO)Cc1ccccc1)C1CCN(c2ncccn2)CC1. The first-order chi connectivity index (χ1) is 12.3. The summed E-state index contributed by atoms with van der Waals surface area (Å²) in [5, 5.41) is 12.6. The molecular weight excluding hydrogens is 316 g/mol. The van der Waals surface area contributed by atoms with Crippen LogP contribution in [0.15, 0.2) is 48.8 Å². The Kier molecular flexibility index (Phi) is 5.95. The number of amides is 1. The van der Waals surface area contributed by atoms with E-state index in [9.17, 15) is 9.90 Å². The summed E-state index contributed by atoms with van der Waals surface area (Å²) in [6.07, 6.45) is 5.65. The van der Waals surface area contributed by atoms with Gasteiger partial charge in [0.2, 0.25) is 11.9 Å². The molecule has 0 bridgehead atoms. The van der Waals surface area contributed by atoms with Gasteiger partial charge in [-0.05, 0) is 30.9 Å². The Morgan fingerprint density at radius 3 is 2.48 bits per heavy atom. The Morgan fingerprint density at radius 1 is 1.16 bits per heavy atom. The van der Waals surface area contributed by atoms with Gasteiger partial charge in [-0.25, -0.2) is 9.97 Å². The zero-order chi connectivity index (χ0) is 17.5. The molecule has 3 rings (SSSR count). The Morgan fingerprint density at radius 2 is 1.84 bits per heavy atom. The highest BCUT2D eigenvalue weighted by Crippen LogP contribution is 2.20. The highest BCUT2D eigenvalue weighted by molar-refractivity contribution is 5.79. The molecule has 1 fully saturated rings. The number of nitrogens with one attached hydrogen (secondary N) is 1. The number of anilines is 1. The molecule has 1 amide bonds. The molecule has 0 aliphatic carbocycles. The normalized spacial score (nSPS) is 16.4. The molecule has 0 unspecified atom stereocenters. The van der Waals surface area contributed by atoms with Crippen molar-refractivity contribution in [1.82, 2.24) is 15.3 Å². The van der Waals surface area contributed by atoms with Crippen LogP contribution in [-0.4, -0.2) is 46.7 Å². The zero-order valence-electron chi connectivity index (χ0n) is 14.2. The third-order valence-electron chi connectivity index (χ3n) is 4.59. The quantitative estimate of drug-likeness (QED) is 0.831. The lowest BCUT2D eigenvalue weighted by Gasteiger charge is -2.32. The highest BCUT2D eigenvalue weighted by atomic mass is 16.3. The summed E-state index contributed by atoms with van der Waals surface area (Å²) >= 11 is 0. The molecule has 1 aromatic carbocycles. The number of carbonyl (C=O) groups is 1. The van der Waals surface area contributed by atoms with Crippen LogP contribution < -0.4 is 10.2 Å². The Hall–Kier alpha value is -2.47. The molecule has 2 heterocycles. The summed E-state index contributed by atoms with van der Waals surface area (Å²) in [7, 11) is 0. The number of aliphatic hydroxyl groups is 1. The van der Waals surface area contributed by atoms with Crippen molar-refractivity contribution >= 4 is 11.9 Å². The van der Waals surface area contributed by atoms with Gasteiger partial charge in [-0.2, -0.15) is 0 Å². The van der Waals surface area contributed by atoms with E-state index >= 15 is 0 Å². The van der Waals surface area contributed by atoms with Crippen molar-refractivity contribution in [1.29, 1.82) is 0 Å².